The van der Waals surface area contributed by atoms with Gasteiger partial charge in [0.2, 0.25) is 0 Å². The standard InChI is InChI=1S/C13H18ClN3O/c14-4-6-17-5-3-10-11(8-17)15-12(16-13(10)18)7-9-1-2-9/h9H,1-8H2,(H,15,16,18). The van der Waals surface area contributed by atoms with Crippen molar-refractivity contribution in [2.24, 2.45) is 5.92 Å². The molecule has 4 nitrogen and oxygen atoms in total. The number of nitrogens with zero attached hydrogens (tertiary/aromatic N) is 2. The first kappa shape index (κ1) is 12.2. The molecule has 0 atom stereocenters. The zero-order valence-corrected chi connectivity index (χ0v) is 11.2. The molecule has 18 heavy (non-hydrogen) atoms. The molecule has 0 unspecified atom stereocenters. The second-order valence-corrected chi connectivity index (χ2v) is 5.68. The van der Waals surface area contributed by atoms with Crippen molar-refractivity contribution in [2.75, 3.05) is 19.0 Å². The number of hydrogen-bond acceptors (Lipinski definition) is 3. The highest BCUT2D eigenvalue weighted by molar-refractivity contribution is 6.18. The molecule has 1 aromatic heterocycles. The number of alkyl halides is 1. The molecule has 0 radical (unpaired) electrons. The van der Waals surface area contributed by atoms with Crippen LogP contribution < -0.4 is 5.56 Å². The van der Waals surface area contributed by atoms with Gasteiger partial charge >= 0.3 is 0 Å². The zero-order chi connectivity index (χ0) is 12.5. The van der Waals surface area contributed by atoms with Crippen molar-refractivity contribution in [3.63, 3.8) is 0 Å². The Balaban J connectivity index is 1.83. The van der Waals surface area contributed by atoms with Gasteiger partial charge in [-0.05, 0) is 25.2 Å². The Hall–Kier alpha value is -0.870. The van der Waals surface area contributed by atoms with Crippen LogP contribution in [0.4, 0.5) is 0 Å². The van der Waals surface area contributed by atoms with Gasteiger partial charge in [-0.2, -0.15) is 0 Å². The molecule has 0 amide bonds. The van der Waals surface area contributed by atoms with Crippen molar-refractivity contribution in [3.8, 4) is 0 Å². The van der Waals surface area contributed by atoms with Crippen LogP contribution in [0, 0.1) is 5.92 Å². The summed E-state index contributed by atoms with van der Waals surface area (Å²) in [5.74, 6) is 2.25. The van der Waals surface area contributed by atoms with E-state index >= 15 is 0 Å². The fourth-order valence-electron chi connectivity index (χ4n) is 2.55. The maximum Gasteiger partial charge on any atom is 0.254 e. The third kappa shape index (κ3) is 2.59. The van der Waals surface area contributed by atoms with Crippen LogP contribution in [0.1, 0.15) is 29.9 Å². The summed E-state index contributed by atoms with van der Waals surface area (Å²) in [6.07, 6.45) is 4.27. The predicted molar refractivity (Wildman–Crippen MR) is 71.0 cm³/mol. The van der Waals surface area contributed by atoms with Crippen LogP contribution in [0.3, 0.4) is 0 Å². The van der Waals surface area contributed by atoms with Gasteiger partial charge in [0.05, 0.1) is 5.69 Å². The van der Waals surface area contributed by atoms with Gasteiger partial charge in [0, 0.05) is 37.5 Å². The molecule has 2 heterocycles. The minimum atomic E-state index is 0.0705. The third-order valence-corrected chi connectivity index (χ3v) is 3.95. The maximum absolute atomic E-state index is 12.0. The number of halogens is 1. The van der Waals surface area contributed by atoms with E-state index in [0.29, 0.717) is 5.88 Å². The summed E-state index contributed by atoms with van der Waals surface area (Å²) >= 11 is 5.77. The predicted octanol–water partition coefficient (Wildman–Crippen LogP) is 1.32. The van der Waals surface area contributed by atoms with E-state index in [0.717, 1.165) is 55.5 Å². The average Bonchev–Trinajstić information content (AvgIpc) is 3.13. The molecule has 1 aliphatic carbocycles. The second kappa shape index (κ2) is 5.02. The minimum Gasteiger partial charge on any atom is -0.310 e. The first-order valence-corrected chi connectivity index (χ1v) is 7.19. The summed E-state index contributed by atoms with van der Waals surface area (Å²) in [6.45, 7) is 2.55. The van der Waals surface area contributed by atoms with E-state index in [1.54, 1.807) is 0 Å². The van der Waals surface area contributed by atoms with Crippen molar-refractivity contribution in [3.05, 3.63) is 27.4 Å². The quantitative estimate of drug-likeness (QED) is 0.837. The number of aromatic amines is 1. The van der Waals surface area contributed by atoms with Gasteiger partial charge in [-0.15, -0.1) is 11.6 Å². The first-order valence-electron chi connectivity index (χ1n) is 6.65. The van der Waals surface area contributed by atoms with Gasteiger partial charge < -0.3 is 4.98 Å². The highest BCUT2D eigenvalue weighted by atomic mass is 35.5. The first-order chi connectivity index (χ1) is 8.76. The lowest BCUT2D eigenvalue weighted by atomic mass is 10.1. The molecular formula is C13H18ClN3O. The summed E-state index contributed by atoms with van der Waals surface area (Å²) in [6, 6.07) is 0. The summed E-state index contributed by atoms with van der Waals surface area (Å²) in [5, 5.41) is 0. The summed E-state index contributed by atoms with van der Waals surface area (Å²) in [5.41, 5.74) is 1.91. The lowest BCUT2D eigenvalue weighted by Crippen LogP contribution is -2.36. The van der Waals surface area contributed by atoms with E-state index in [1.807, 2.05) is 0 Å². The molecule has 0 spiro atoms. The Morgan fingerprint density at radius 2 is 2.28 bits per heavy atom. The summed E-state index contributed by atoms with van der Waals surface area (Å²) in [4.78, 5) is 21.9. The van der Waals surface area contributed by atoms with Crippen molar-refractivity contribution < 1.29 is 0 Å². The molecular weight excluding hydrogens is 250 g/mol. The highest BCUT2D eigenvalue weighted by Gasteiger charge is 2.25. The molecule has 1 aliphatic heterocycles. The Morgan fingerprint density at radius 3 is 3.00 bits per heavy atom. The highest BCUT2D eigenvalue weighted by Crippen LogP contribution is 2.31. The molecule has 98 valence electrons. The van der Waals surface area contributed by atoms with E-state index < -0.39 is 0 Å². The lowest BCUT2D eigenvalue weighted by Gasteiger charge is -2.26. The fraction of sp³-hybridized carbons (Fsp3) is 0.692. The van der Waals surface area contributed by atoms with Gasteiger partial charge in [0.1, 0.15) is 5.82 Å². The van der Waals surface area contributed by atoms with E-state index in [4.69, 9.17) is 11.6 Å². The largest absolute Gasteiger partial charge is 0.310 e. The molecule has 1 N–H and O–H groups in total. The minimum absolute atomic E-state index is 0.0705. The number of nitrogens with one attached hydrogen (secondary N) is 1. The Morgan fingerprint density at radius 1 is 1.44 bits per heavy atom. The van der Waals surface area contributed by atoms with Crippen LogP contribution in [0.15, 0.2) is 4.79 Å². The number of aromatic nitrogens is 2. The van der Waals surface area contributed by atoms with E-state index in [1.165, 1.54) is 12.8 Å². The number of hydrogen-bond donors (Lipinski definition) is 1. The van der Waals surface area contributed by atoms with Crippen molar-refractivity contribution >= 4 is 11.6 Å². The van der Waals surface area contributed by atoms with Gasteiger partial charge in [0.15, 0.2) is 0 Å². The molecule has 1 aromatic rings. The van der Waals surface area contributed by atoms with E-state index in [-0.39, 0.29) is 5.56 Å². The molecule has 1 fully saturated rings. The average molecular weight is 268 g/mol. The van der Waals surface area contributed by atoms with Crippen molar-refractivity contribution in [1.29, 1.82) is 0 Å². The summed E-state index contributed by atoms with van der Waals surface area (Å²) in [7, 11) is 0. The molecule has 5 heteroatoms. The molecule has 1 saturated carbocycles. The molecule has 0 bridgehead atoms. The number of rotatable bonds is 4. The number of H-pyrrole nitrogens is 1. The van der Waals surface area contributed by atoms with Crippen LogP contribution in [0.5, 0.6) is 0 Å². The number of fused-ring (bicyclic) bond motifs is 1. The normalized spacial score (nSPS) is 19.8. The maximum atomic E-state index is 12.0. The van der Waals surface area contributed by atoms with Gasteiger partial charge in [-0.1, -0.05) is 0 Å². The second-order valence-electron chi connectivity index (χ2n) is 5.30. The van der Waals surface area contributed by atoms with Gasteiger partial charge in [0.25, 0.3) is 5.56 Å². The van der Waals surface area contributed by atoms with Crippen LogP contribution in [-0.2, 0) is 19.4 Å². The van der Waals surface area contributed by atoms with Crippen LogP contribution in [0.2, 0.25) is 0 Å². The smallest absolute Gasteiger partial charge is 0.254 e. The summed E-state index contributed by atoms with van der Waals surface area (Å²) < 4.78 is 0. The Labute approximate surface area is 111 Å². The van der Waals surface area contributed by atoms with Crippen molar-refractivity contribution in [1.82, 2.24) is 14.9 Å². The van der Waals surface area contributed by atoms with Gasteiger partial charge in [-0.3, -0.25) is 9.69 Å². The van der Waals surface area contributed by atoms with Crippen LogP contribution in [-0.4, -0.2) is 33.8 Å². The molecule has 0 aromatic carbocycles. The van der Waals surface area contributed by atoms with Crippen LogP contribution in [0.25, 0.3) is 0 Å². The monoisotopic (exact) mass is 267 g/mol. The zero-order valence-electron chi connectivity index (χ0n) is 10.4. The molecule has 3 rings (SSSR count). The van der Waals surface area contributed by atoms with Crippen LogP contribution >= 0.6 is 11.6 Å². The Bertz CT molecular complexity index is 495. The van der Waals surface area contributed by atoms with Crippen molar-refractivity contribution in [2.45, 2.75) is 32.2 Å². The topological polar surface area (TPSA) is 49.0 Å². The molecule has 2 aliphatic rings. The van der Waals surface area contributed by atoms with E-state index in [2.05, 4.69) is 14.9 Å². The molecule has 0 saturated heterocycles. The van der Waals surface area contributed by atoms with E-state index in [9.17, 15) is 4.79 Å². The SMILES string of the molecule is O=c1[nH]c(CC2CC2)nc2c1CCN(CCCl)C2. The van der Waals surface area contributed by atoms with Gasteiger partial charge in [-0.25, -0.2) is 4.98 Å². The Kier molecular flexibility index (Phi) is 3.39. The fourth-order valence-corrected chi connectivity index (χ4v) is 2.79. The lowest BCUT2D eigenvalue weighted by molar-refractivity contribution is 0.263. The third-order valence-electron chi connectivity index (χ3n) is 3.78.